The first-order valence-corrected chi connectivity index (χ1v) is 12.0. The smallest absolute Gasteiger partial charge is 0.246 e. The molecule has 5 rings (SSSR count). The van der Waals surface area contributed by atoms with Crippen LogP contribution >= 0.6 is 11.3 Å². The fourth-order valence-corrected chi connectivity index (χ4v) is 6.27. The number of aryl methyl sites for hydroxylation is 1. The lowest BCUT2D eigenvalue weighted by atomic mass is 9.70. The quantitative estimate of drug-likeness (QED) is 0.545. The van der Waals surface area contributed by atoms with E-state index in [1.807, 2.05) is 25.3 Å². The molecule has 1 aliphatic carbocycles. The standard InChI is InChI=1S/C26H27N3O2S/c1-17-19-8-4-5-9-21(19)32-22(17)16-29(2)23(30)11-10-18-14-20-24(27-15-18)28-25(31)26(20)12-6-3-7-13-26/h4-5,8-11,14-15H,3,6-7,12-13,16H2,1-2H3,(H,27,28,31). The van der Waals surface area contributed by atoms with Crippen LogP contribution in [-0.4, -0.2) is 28.7 Å². The molecular weight excluding hydrogens is 418 g/mol. The van der Waals surface area contributed by atoms with Crippen LogP contribution in [-0.2, 0) is 21.5 Å². The van der Waals surface area contributed by atoms with Crippen LogP contribution in [0, 0.1) is 6.92 Å². The number of hydrogen-bond donors (Lipinski definition) is 1. The van der Waals surface area contributed by atoms with E-state index in [0.717, 1.165) is 36.8 Å². The molecule has 164 valence electrons. The maximum atomic E-state index is 12.8. The fraction of sp³-hybridized carbons (Fsp3) is 0.346. The van der Waals surface area contributed by atoms with E-state index in [-0.39, 0.29) is 11.8 Å². The zero-order chi connectivity index (χ0) is 22.3. The lowest BCUT2D eigenvalue weighted by molar-refractivity contribution is -0.125. The van der Waals surface area contributed by atoms with Gasteiger partial charge in [-0.3, -0.25) is 9.59 Å². The molecule has 3 aromatic rings. The molecule has 6 heteroatoms. The van der Waals surface area contributed by atoms with E-state index in [9.17, 15) is 9.59 Å². The van der Waals surface area contributed by atoms with Gasteiger partial charge in [-0.1, -0.05) is 37.5 Å². The van der Waals surface area contributed by atoms with Gasteiger partial charge in [0.1, 0.15) is 5.82 Å². The molecule has 1 saturated carbocycles. The Morgan fingerprint density at radius 2 is 2.03 bits per heavy atom. The Bertz CT molecular complexity index is 1240. The molecular formula is C26H27N3O2S. The van der Waals surface area contributed by atoms with Crippen molar-refractivity contribution in [3.63, 3.8) is 0 Å². The largest absolute Gasteiger partial charge is 0.337 e. The Balaban J connectivity index is 1.32. The Hall–Kier alpha value is -2.99. The molecule has 0 bridgehead atoms. The van der Waals surface area contributed by atoms with Crippen LogP contribution in [0.15, 0.2) is 42.6 Å². The summed E-state index contributed by atoms with van der Waals surface area (Å²) < 4.78 is 1.25. The molecule has 32 heavy (non-hydrogen) atoms. The number of pyridine rings is 1. The summed E-state index contributed by atoms with van der Waals surface area (Å²) in [6.45, 7) is 2.70. The molecule has 0 unspecified atom stereocenters. The number of carbonyl (C=O) groups is 2. The van der Waals surface area contributed by atoms with Gasteiger partial charge in [-0.05, 0) is 54.5 Å². The molecule has 1 aliphatic heterocycles. The van der Waals surface area contributed by atoms with Gasteiger partial charge in [0.05, 0.1) is 12.0 Å². The number of rotatable bonds is 4. The van der Waals surface area contributed by atoms with Gasteiger partial charge >= 0.3 is 0 Å². The Morgan fingerprint density at radius 3 is 2.81 bits per heavy atom. The van der Waals surface area contributed by atoms with Gasteiger partial charge in [-0.2, -0.15) is 0 Å². The van der Waals surface area contributed by atoms with Gasteiger partial charge in [0.2, 0.25) is 11.8 Å². The van der Waals surface area contributed by atoms with Crippen LogP contribution in [0.5, 0.6) is 0 Å². The first-order chi connectivity index (χ1) is 15.5. The van der Waals surface area contributed by atoms with Crippen LogP contribution in [0.25, 0.3) is 16.2 Å². The highest BCUT2D eigenvalue weighted by molar-refractivity contribution is 7.19. The number of anilines is 1. The Labute approximate surface area is 192 Å². The van der Waals surface area contributed by atoms with Crippen LogP contribution in [0.2, 0.25) is 0 Å². The number of nitrogens with one attached hydrogen (secondary N) is 1. The van der Waals surface area contributed by atoms with Crippen molar-refractivity contribution in [2.45, 2.75) is 51.0 Å². The van der Waals surface area contributed by atoms with Crippen molar-refractivity contribution in [1.82, 2.24) is 9.88 Å². The third kappa shape index (κ3) is 3.52. The summed E-state index contributed by atoms with van der Waals surface area (Å²) in [5.41, 5.74) is 2.65. The van der Waals surface area contributed by atoms with E-state index in [4.69, 9.17) is 0 Å². The maximum absolute atomic E-state index is 12.8. The molecule has 2 amide bonds. The minimum Gasteiger partial charge on any atom is -0.337 e. The molecule has 0 atom stereocenters. The molecule has 0 saturated heterocycles. The first-order valence-electron chi connectivity index (χ1n) is 11.2. The summed E-state index contributed by atoms with van der Waals surface area (Å²) in [6, 6.07) is 10.4. The van der Waals surface area contributed by atoms with Crippen molar-refractivity contribution in [3.8, 4) is 0 Å². The van der Waals surface area contributed by atoms with Gasteiger partial charge in [-0.15, -0.1) is 11.3 Å². The third-order valence-electron chi connectivity index (χ3n) is 6.92. The molecule has 3 heterocycles. The second-order valence-corrected chi connectivity index (χ2v) is 10.1. The lowest BCUT2D eigenvalue weighted by Crippen LogP contribution is -2.36. The van der Waals surface area contributed by atoms with E-state index in [0.29, 0.717) is 12.4 Å². The molecule has 5 nitrogen and oxygen atoms in total. The summed E-state index contributed by atoms with van der Waals surface area (Å²) in [7, 11) is 1.83. The molecule has 1 aromatic carbocycles. The van der Waals surface area contributed by atoms with E-state index in [1.54, 1.807) is 28.5 Å². The van der Waals surface area contributed by atoms with Gasteiger partial charge < -0.3 is 10.2 Å². The van der Waals surface area contributed by atoms with Gasteiger partial charge in [0.15, 0.2) is 0 Å². The normalized spacial score (nSPS) is 17.1. The Morgan fingerprint density at radius 1 is 1.25 bits per heavy atom. The third-order valence-corrected chi connectivity index (χ3v) is 8.17. The predicted octanol–water partition coefficient (Wildman–Crippen LogP) is 5.43. The van der Waals surface area contributed by atoms with Crippen LogP contribution in [0.4, 0.5) is 5.82 Å². The lowest BCUT2D eigenvalue weighted by Gasteiger charge is -2.31. The number of benzene rings is 1. The number of fused-ring (bicyclic) bond motifs is 3. The molecule has 1 spiro atoms. The second-order valence-electron chi connectivity index (χ2n) is 8.94. The number of thiophene rings is 1. The maximum Gasteiger partial charge on any atom is 0.246 e. The van der Waals surface area contributed by atoms with Crippen LogP contribution < -0.4 is 5.32 Å². The molecule has 1 N–H and O–H groups in total. The van der Waals surface area contributed by atoms with Crippen LogP contribution in [0.1, 0.15) is 53.7 Å². The highest BCUT2D eigenvalue weighted by Gasteiger charge is 2.47. The van der Waals surface area contributed by atoms with Crippen molar-refractivity contribution in [2.24, 2.45) is 0 Å². The van der Waals surface area contributed by atoms with E-state index < -0.39 is 5.41 Å². The topological polar surface area (TPSA) is 62.3 Å². The summed E-state index contributed by atoms with van der Waals surface area (Å²) in [4.78, 5) is 32.9. The van der Waals surface area contributed by atoms with Crippen molar-refractivity contribution in [2.75, 3.05) is 12.4 Å². The van der Waals surface area contributed by atoms with Crippen molar-refractivity contribution in [1.29, 1.82) is 0 Å². The summed E-state index contributed by atoms with van der Waals surface area (Å²) in [5.74, 6) is 0.706. The number of carbonyl (C=O) groups excluding carboxylic acids is 2. The molecule has 0 radical (unpaired) electrons. The minimum absolute atomic E-state index is 0.0519. The van der Waals surface area contributed by atoms with Gasteiger partial charge in [0.25, 0.3) is 0 Å². The van der Waals surface area contributed by atoms with Crippen molar-refractivity contribution < 1.29 is 9.59 Å². The van der Waals surface area contributed by atoms with Gasteiger partial charge in [-0.25, -0.2) is 4.98 Å². The van der Waals surface area contributed by atoms with Crippen LogP contribution in [0.3, 0.4) is 0 Å². The number of nitrogens with zero attached hydrogens (tertiary/aromatic N) is 2. The number of hydrogen-bond acceptors (Lipinski definition) is 4. The summed E-state index contributed by atoms with van der Waals surface area (Å²) in [5, 5.41) is 4.22. The Kier molecular flexibility index (Phi) is 5.33. The average molecular weight is 446 g/mol. The zero-order valence-electron chi connectivity index (χ0n) is 18.5. The number of amides is 2. The number of aromatic nitrogens is 1. The fourth-order valence-electron chi connectivity index (χ4n) is 5.00. The van der Waals surface area contributed by atoms with Crippen molar-refractivity contribution in [3.05, 3.63) is 64.2 Å². The minimum atomic E-state index is -0.441. The highest BCUT2D eigenvalue weighted by Crippen LogP contribution is 2.46. The SMILES string of the molecule is Cc1c(CN(C)C(=O)C=Cc2cnc3c(c2)C2(CCCCC2)C(=O)N3)sc2ccccc12. The first kappa shape index (κ1) is 20.9. The predicted molar refractivity (Wildman–Crippen MR) is 130 cm³/mol. The van der Waals surface area contributed by atoms with Crippen molar-refractivity contribution >= 4 is 45.1 Å². The summed E-state index contributed by atoms with van der Waals surface area (Å²) >= 11 is 1.74. The average Bonchev–Trinajstić information content (AvgIpc) is 3.26. The molecule has 1 fully saturated rings. The van der Waals surface area contributed by atoms with Gasteiger partial charge in [0, 0.05) is 34.5 Å². The monoisotopic (exact) mass is 445 g/mol. The molecule has 2 aromatic heterocycles. The zero-order valence-corrected chi connectivity index (χ0v) is 19.3. The second kappa shape index (κ2) is 8.17. The highest BCUT2D eigenvalue weighted by atomic mass is 32.1. The van der Waals surface area contributed by atoms with E-state index in [2.05, 4.69) is 35.4 Å². The van der Waals surface area contributed by atoms with E-state index in [1.165, 1.54) is 26.9 Å². The molecule has 2 aliphatic rings. The van der Waals surface area contributed by atoms with E-state index >= 15 is 0 Å². The number of likely N-dealkylation sites (N-methyl/N-ethyl adjacent to an activating group) is 1. The summed E-state index contributed by atoms with van der Waals surface area (Å²) in [6.07, 6.45) is 10.2.